The number of amides is 1. The number of para-hydroxylation sites is 1. The van der Waals surface area contributed by atoms with E-state index in [1.54, 1.807) is 0 Å². The molecule has 0 atom stereocenters. The van der Waals surface area contributed by atoms with E-state index in [1.165, 1.54) is 0 Å². The van der Waals surface area contributed by atoms with E-state index >= 15 is 0 Å². The van der Waals surface area contributed by atoms with Crippen molar-refractivity contribution in [3.8, 4) is 0 Å². The third-order valence-corrected chi connectivity index (χ3v) is 2.80. The Labute approximate surface area is 104 Å². The molecule has 3 heteroatoms. The van der Waals surface area contributed by atoms with Crippen molar-refractivity contribution in [2.75, 3.05) is 5.73 Å². The summed E-state index contributed by atoms with van der Waals surface area (Å²) in [6, 6.07) is 7.91. The van der Waals surface area contributed by atoms with Gasteiger partial charge in [0.2, 0.25) is 5.91 Å². The zero-order valence-electron chi connectivity index (χ0n) is 10.9. The molecule has 0 aliphatic rings. The minimum absolute atomic E-state index is 0.200. The van der Waals surface area contributed by atoms with Crippen LogP contribution in [0.15, 0.2) is 24.3 Å². The van der Waals surface area contributed by atoms with E-state index in [1.807, 2.05) is 49.9 Å². The first-order valence-electron chi connectivity index (χ1n) is 6.19. The Balaban J connectivity index is 2.81. The maximum Gasteiger partial charge on any atom is 0.223 e. The average molecular weight is 234 g/mol. The van der Waals surface area contributed by atoms with E-state index in [4.69, 9.17) is 5.73 Å². The highest BCUT2D eigenvalue weighted by Crippen LogP contribution is 2.16. The van der Waals surface area contributed by atoms with Crippen LogP contribution in [0.1, 0.15) is 39.2 Å². The second kappa shape index (κ2) is 6.28. The summed E-state index contributed by atoms with van der Waals surface area (Å²) in [7, 11) is 0. The quantitative estimate of drug-likeness (QED) is 0.796. The van der Waals surface area contributed by atoms with Crippen LogP contribution in [0.2, 0.25) is 0 Å². The molecule has 0 saturated carbocycles. The van der Waals surface area contributed by atoms with Crippen LogP contribution in [-0.2, 0) is 11.3 Å². The first-order chi connectivity index (χ1) is 8.06. The Morgan fingerprint density at radius 3 is 2.53 bits per heavy atom. The summed E-state index contributed by atoms with van der Waals surface area (Å²) < 4.78 is 0. The van der Waals surface area contributed by atoms with Crippen LogP contribution in [0, 0.1) is 0 Å². The van der Waals surface area contributed by atoms with Gasteiger partial charge in [-0.1, -0.05) is 25.1 Å². The Morgan fingerprint density at radius 2 is 2.00 bits per heavy atom. The lowest BCUT2D eigenvalue weighted by Crippen LogP contribution is -2.36. The normalized spacial score (nSPS) is 10.6. The number of nitrogen functional groups attached to an aromatic ring is 1. The van der Waals surface area contributed by atoms with Gasteiger partial charge < -0.3 is 10.6 Å². The van der Waals surface area contributed by atoms with E-state index in [0.717, 1.165) is 17.7 Å². The lowest BCUT2D eigenvalue weighted by atomic mass is 10.1. The van der Waals surface area contributed by atoms with Crippen molar-refractivity contribution in [2.24, 2.45) is 0 Å². The van der Waals surface area contributed by atoms with Gasteiger partial charge in [-0.2, -0.15) is 0 Å². The molecule has 0 bridgehead atoms. The van der Waals surface area contributed by atoms with Gasteiger partial charge >= 0.3 is 0 Å². The minimum Gasteiger partial charge on any atom is -0.398 e. The molecule has 0 saturated heterocycles. The Hall–Kier alpha value is -1.51. The van der Waals surface area contributed by atoms with Crippen LogP contribution in [0.25, 0.3) is 0 Å². The third-order valence-electron chi connectivity index (χ3n) is 2.80. The number of carbonyl (C=O) groups is 1. The summed E-state index contributed by atoms with van der Waals surface area (Å²) in [5.41, 5.74) is 7.68. The van der Waals surface area contributed by atoms with Crippen LogP contribution < -0.4 is 5.73 Å². The molecule has 1 aromatic rings. The summed E-state index contributed by atoms with van der Waals surface area (Å²) in [6.07, 6.45) is 1.48. The van der Waals surface area contributed by atoms with E-state index in [-0.39, 0.29) is 11.9 Å². The molecule has 0 unspecified atom stereocenters. The molecule has 0 spiro atoms. The second-order valence-corrected chi connectivity index (χ2v) is 4.56. The number of carbonyl (C=O) groups excluding carboxylic acids is 1. The van der Waals surface area contributed by atoms with Gasteiger partial charge in [-0.15, -0.1) is 0 Å². The van der Waals surface area contributed by atoms with Crippen molar-refractivity contribution in [1.29, 1.82) is 0 Å². The number of rotatable bonds is 5. The Morgan fingerprint density at radius 1 is 1.35 bits per heavy atom. The molecule has 94 valence electrons. The molecule has 0 aromatic heterocycles. The van der Waals surface area contributed by atoms with Crippen LogP contribution in [-0.4, -0.2) is 16.8 Å². The van der Waals surface area contributed by atoms with E-state index in [0.29, 0.717) is 13.0 Å². The van der Waals surface area contributed by atoms with E-state index < -0.39 is 0 Å². The van der Waals surface area contributed by atoms with Gasteiger partial charge in [0, 0.05) is 24.7 Å². The molecule has 3 nitrogen and oxygen atoms in total. The maximum atomic E-state index is 12.0. The van der Waals surface area contributed by atoms with Gasteiger partial charge in [0.1, 0.15) is 0 Å². The lowest BCUT2D eigenvalue weighted by molar-refractivity contribution is -0.133. The number of hydrogen-bond donors (Lipinski definition) is 1. The highest BCUT2D eigenvalue weighted by atomic mass is 16.2. The van der Waals surface area contributed by atoms with Crippen LogP contribution in [0.3, 0.4) is 0 Å². The third kappa shape index (κ3) is 3.77. The summed E-state index contributed by atoms with van der Waals surface area (Å²) in [5, 5.41) is 0. The molecule has 1 rings (SSSR count). The van der Waals surface area contributed by atoms with Crippen molar-refractivity contribution < 1.29 is 4.79 Å². The molecule has 0 aliphatic heterocycles. The zero-order chi connectivity index (χ0) is 12.8. The fourth-order valence-corrected chi connectivity index (χ4v) is 1.78. The molecule has 17 heavy (non-hydrogen) atoms. The van der Waals surface area contributed by atoms with Crippen LogP contribution >= 0.6 is 0 Å². The molecular weight excluding hydrogens is 212 g/mol. The average Bonchev–Trinajstić information content (AvgIpc) is 2.27. The minimum atomic E-state index is 0.200. The first-order valence-corrected chi connectivity index (χ1v) is 6.19. The number of hydrogen-bond acceptors (Lipinski definition) is 2. The smallest absolute Gasteiger partial charge is 0.223 e. The van der Waals surface area contributed by atoms with Crippen molar-refractivity contribution in [1.82, 2.24) is 4.90 Å². The predicted octanol–water partition coefficient (Wildman–Crippen LogP) is 2.81. The van der Waals surface area contributed by atoms with Gasteiger partial charge in [0.15, 0.2) is 0 Å². The molecule has 0 aliphatic carbocycles. The highest BCUT2D eigenvalue weighted by molar-refractivity contribution is 5.76. The standard InChI is InChI=1S/C14H22N2O/c1-4-7-14(17)16(11(2)3)10-12-8-5-6-9-13(12)15/h5-6,8-9,11H,4,7,10,15H2,1-3H3. The number of benzene rings is 1. The van der Waals surface area contributed by atoms with Gasteiger partial charge in [-0.25, -0.2) is 0 Å². The topological polar surface area (TPSA) is 46.3 Å². The highest BCUT2D eigenvalue weighted by Gasteiger charge is 2.16. The molecule has 0 fully saturated rings. The van der Waals surface area contributed by atoms with Crippen molar-refractivity contribution >= 4 is 11.6 Å². The van der Waals surface area contributed by atoms with Crippen LogP contribution in [0.4, 0.5) is 5.69 Å². The van der Waals surface area contributed by atoms with Gasteiger partial charge in [-0.3, -0.25) is 4.79 Å². The molecule has 0 heterocycles. The maximum absolute atomic E-state index is 12.0. The van der Waals surface area contributed by atoms with Gasteiger partial charge in [0.05, 0.1) is 0 Å². The number of nitrogens with zero attached hydrogens (tertiary/aromatic N) is 1. The van der Waals surface area contributed by atoms with E-state index in [2.05, 4.69) is 0 Å². The van der Waals surface area contributed by atoms with Crippen molar-refractivity contribution in [3.63, 3.8) is 0 Å². The molecule has 0 radical (unpaired) electrons. The van der Waals surface area contributed by atoms with Gasteiger partial charge in [0.25, 0.3) is 0 Å². The fraction of sp³-hybridized carbons (Fsp3) is 0.500. The molecule has 1 amide bonds. The molecular formula is C14H22N2O. The van der Waals surface area contributed by atoms with Crippen molar-refractivity contribution in [3.05, 3.63) is 29.8 Å². The van der Waals surface area contributed by atoms with E-state index in [9.17, 15) is 4.79 Å². The number of nitrogens with two attached hydrogens (primary N) is 1. The number of anilines is 1. The predicted molar refractivity (Wildman–Crippen MR) is 71.4 cm³/mol. The molecule has 1 aromatic carbocycles. The monoisotopic (exact) mass is 234 g/mol. The largest absolute Gasteiger partial charge is 0.398 e. The second-order valence-electron chi connectivity index (χ2n) is 4.56. The zero-order valence-corrected chi connectivity index (χ0v) is 10.9. The summed E-state index contributed by atoms with van der Waals surface area (Å²) in [4.78, 5) is 13.9. The fourth-order valence-electron chi connectivity index (χ4n) is 1.78. The Kier molecular flexibility index (Phi) is 5.01. The van der Waals surface area contributed by atoms with Gasteiger partial charge in [-0.05, 0) is 31.9 Å². The lowest BCUT2D eigenvalue weighted by Gasteiger charge is -2.27. The van der Waals surface area contributed by atoms with Crippen molar-refractivity contribution in [2.45, 2.75) is 46.2 Å². The summed E-state index contributed by atoms with van der Waals surface area (Å²) >= 11 is 0. The summed E-state index contributed by atoms with van der Waals surface area (Å²) in [5.74, 6) is 0.200. The Bertz CT molecular complexity index is 374. The SMILES string of the molecule is CCCC(=O)N(Cc1ccccc1N)C(C)C. The van der Waals surface area contributed by atoms with Crippen LogP contribution in [0.5, 0.6) is 0 Å². The first kappa shape index (κ1) is 13.6. The summed E-state index contributed by atoms with van der Waals surface area (Å²) in [6.45, 7) is 6.69. The molecule has 2 N–H and O–H groups in total.